The van der Waals surface area contributed by atoms with Crippen LogP contribution in [0.5, 0.6) is 0 Å². The van der Waals surface area contributed by atoms with Gasteiger partial charge in [-0.15, -0.1) is 5.10 Å². The molecule has 5 rings (SSSR count). The zero-order chi connectivity index (χ0) is 22.2. The minimum atomic E-state index is -0.0156. The molecule has 1 aromatic carbocycles. The van der Waals surface area contributed by atoms with Gasteiger partial charge in [0.05, 0.1) is 28.3 Å². The van der Waals surface area contributed by atoms with E-state index in [0.717, 1.165) is 34.6 Å². The molecule has 0 saturated carbocycles. The van der Waals surface area contributed by atoms with Gasteiger partial charge in [0.25, 0.3) is 5.91 Å². The van der Waals surface area contributed by atoms with Crippen LogP contribution in [0.4, 0.5) is 0 Å². The van der Waals surface area contributed by atoms with E-state index in [2.05, 4.69) is 36.1 Å². The second-order valence-electron chi connectivity index (χ2n) is 7.82. The SMILES string of the molecule is Cc1nc2ccc(Cl)cn2c1C(=O)N1CCN(Cc2cn(-c3ccc(Br)cc3)nn2)CC1. The molecule has 0 spiro atoms. The van der Waals surface area contributed by atoms with E-state index in [1.54, 1.807) is 21.3 Å². The van der Waals surface area contributed by atoms with Crippen molar-refractivity contribution in [3.63, 3.8) is 0 Å². The average molecular weight is 515 g/mol. The average Bonchev–Trinajstić information content (AvgIpc) is 3.38. The number of halogens is 2. The topological polar surface area (TPSA) is 71.6 Å². The fraction of sp³-hybridized carbons (Fsp3) is 0.273. The van der Waals surface area contributed by atoms with E-state index >= 15 is 0 Å². The van der Waals surface area contributed by atoms with Crippen LogP contribution in [0.15, 0.2) is 53.3 Å². The van der Waals surface area contributed by atoms with Crippen molar-refractivity contribution in [1.82, 2.24) is 34.2 Å². The Balaban J connectivity index is 1.23. The first-order valence-electron chi connectivity index (χ1n) is 10.3. The number of pyridine rings is 1. The van der Waals surface area contributed by atoms with Gasteiger partial charge in [-0.3, -0.25) is 14.1 Å². The van der Waals surface area contributed by atoms with Crippen LogP contribution < -0.4 is 0 Å². The Bertz CT molecular complexity index is 1280. The first-order chi connectivity index (χ1) is 15.5. The number of nitrogens with zero attached hydrogens (tertiary/aromatic N) is 7. The number of piperazine rings is 1. The van der Waals surface area contributed by atoms with Crippen LogP contribution in [-0.2, 0) is 6.54 Å². The predicted octanol–water partition coefficient (Wildman–Crippen LogP) is 3.60. The van der Waals surface area contributed by atoms with E-state index in [1.807, 2.05) is 48.4 Å². The lowest BCUT2D eigenvalue weighted by Gasteiger charge is -2.34. The van der Waals surface area contributed by atoms with Gasteiger partial charge in [-0.25, -0.2) is 9.67 Å². The molecular formula is C22H21BrClN7O. The van der Waals surface area contributed by atoms with Crippen molar-refractivity contribution in [1.29, 1.82) is 0 Å². The zero-order valence-electron chi connectivity index (χ0n) is 17.4. The van der Waals surface area contributed by atoms with Gasteiger partial charge < -0.3 is 4.90 Å². The van der Waals surface area contributed by atoms with Gasteiger partial charge in [0.2, 0.25) is 0 Å². The molecule has 0 radical (unpaired) electrons. The number of carbonyl (C=O) groups is 1. The minimum Gasteiger partial charge on any atom is -0.335 e. The third-order valence-corrected chi connectivity index (χ3v) is 6.39. The number of fused-ring (bicyclic) bond motifs is 1. The lowest BCUT2D eigenvalue weighted by Crippen LogP contribution is -2.48. The highest BCUT2D eigenvalue weighted by molar-refractivity contribution is 9.10. The van der Waals surface area contributed by atoms with Gasteiger partial charge in [0.1, 0.15) is 11.3 Å². The van der Waals surface area contributed by atoms with Crippen LogP contribution in [0.2, 0.25) is 5.02 Å². The highest BCUT2D eigenvalue weighted by atomic mass is 79.9. The molecule has 1 aliphatic rings. The predicted molar refractivity (Wildman–Crippen MR) is 125 cm³/mol. The first-order valence-corrected chi connectivity index (χ1v) is 11.5. The largest absolute Gasteiger partial charge is 0.335 e. The molecule has 164 valence electrons. The molecule has 0 unspecified atom stereocenters. The van der Waals surface area contributed by atoms with Gasteiger partial charge in [-0.05, 0) is 43.3 Å². The van der Waals surface area contributed by atoms with Crippen LogP contribution in [0.25, 0.3) is 11.3 Å². The van der Waals surface area contributed by atoms with Gasteiger partial charge >= 0.3 is 0 Å². The molecule has 8 nitrogen and oxygen atoms in total. The van der Waals surface area contributed by atoms with E-state index in [0.29, 0.717) is 36.0 Å². The number of imidazole rings is 1. The maximum Gasteiger partial charge on any atom is 0.272 e. The van der Waals surface area contributed by atoms with E-state index in [4.69, 9.17) is 11.6 Å². The maximum atomic E-state index is 13.2. The number of benzene rings is 1. The summed E-state index contributed by atoms with van der Waals surface area (Å²) >= 11 is 9.58. The number of hydrogen-bond acceptors (Lipinski definition) is 5. The second kappa shape index (κ2) is 8.65. The Morgan fingerprint density at radius 1 is 1.06 bits per heavy atom. The highest BCUT2D eigenvalue weighted by Gasteiger charge is 2.26. The first kappa shape index (κ1) is 21.1. The van der Waals surface area contributed by atoms with E-state index < -0.39 is 0 Å². The van der Waals surface area contributed by atoms with Gasteiger partial charge in [-0.1, -0.05) is 32.7 Å². The van der Waals surface area contributed by atoms with Crippen LogP contribution in [0, 0.1) is 6.92 Å². The summed E-state index contributed by atoms with van der Waals surface area (Å²) in [5, 5.41) is 9.13. The molecule has 0 bridgehead atoms. The summed E-state index contributed by atoms with van der Waals surface area (Å²) in [6.07, 6.45) is 3.70. The van der Waals surface area contributed by atoms with E-state index in [-0.39, 0.29) is 5.91 Å². The standard InChI is InChI=1S/C22H21BrClN7O/c1-15-21(30-12-17(24)4-7-20(30)25-15)22(32)29-10-8-28(9-11-29)13-18-14-31(27-26-18)19-5-2-16(23)3-6-19/h2-7,12,14H,8-11,13H2,1H3. The quantitative estimate of drug-likeness (QED) is 0.416. The Morgan fingerprint density at radius 3 is 2.56 bits per heavy atom. The van der Waals surface area contributed by atoms with Crippen molar-refractivity contribution in [2.45, 2.75) is 13.5 Å². The lowest BCUT2D eigenvalue weighted by molar-refractivity contribution is 0.0619. The van der Waals surface area contributed by atoms with Gasteiger partial charge in [-0.2, -0.15) is 0 Å². The van der Waals surface area contributed by atoms with Crippen LogP contribution >= 0.6 is 27.5 Å². The summed E-state index contributed by atoms with van der Waals surface area (Å²) in [6, 6.07) is 11.5. The van der Waals surface area contributed by atoms with Gasteiger partial charge in [0, 0.05) is 43.4 Å². The van der Waals surface area contributed by atoms with E-state index in [1.165, 1.54) is 0 Å². The third kappa shape index (κ3) is 4.15. The molecule has 0 N–H and O–H groups in total. The summed E-state index contributed by atoms with van der Waals surface area (Å²) in [7, 11) is 0. The molecule has 0 aliphatic carbocycles. The molecule has 10 heteroatoms. The molecule has 3 aromatic heterocycles. The number of aromatic nitrogens is 5. The molecule has 0 atom stereocenters. The highest BCUT2D eigenvalue weighted by Crippen LogP contribution is 2.19. The molecule has 32 heavy (non-hydrogen) atoms. The Morgan fingerprint density at radius 2 is 1.81 bits per heavy atom. The fourth-order valence-electron chi connectivity index (χ4n) is 3.97. The number of carbonyl (C=O) groups excluding carboxylic acids is 1. The number of amides is 1. The lowest BCUT2D eigenvalue weighted by atomic mass is 10.2. The zero-order valence-corrected chi connectivity index (χ0v) is 19.8. The molecule has 1 amide bonds. The van der Waals surface area contributed by atoms with Gasteiger partial charge in [0.15, 0.2) is 0 Å². The molecule has 4 aromatic rings. The molecule has 4 heterocycles. The van der Waals surface area contributed by atoms with Crippen molar-refractivity contribution in [2.24, 2.45) is 0 Å². The monoisotopic (exact) mass is 513 g/mol. The summed E-state index contributed by atoms with van der Waals surface area (Å²) in [5.74, 6) is -0.0156. The smallest absolute Gasteiger partial charge is 0.272 e. The number of hydrogen-bond donors (Lipinski definition) is 0. The fourth-order valence-corrected chi connectivity index (χ4v) is 4.40. The third-order valence-electron chi connectivity index (χ3n) is 5.64. The van der Waals surface area contributed by atoms with Crippen molar-refractivity contribution in [2.75, 3.05) is 26.2 Å². The van der Waals surface area contributed by atoms with Crippen molar-refractivity contribution in [3.8, 4) is 5.69 Å². The maximum absolute atomic E-state index is 13.2. The van der Waals surface area contributed by atoms with Crippen molar-refractivity contribution >= 4 is 39.1 Å². The number of aryl methyl sites for hydroxylation is 1. The summed E-state index contributed by atoms with van der Waals surface area (Å²) in [5.41, 5.74) is 3.88. The summed E-state index contributed by atoms with van der Waals surface area (Å²) in [6.45, 7) is 5.39. The number of rotatable bonds is 4. The van der Waals surface area contributed by atoms with Crippen LogP contribution in [-0.4, -0.2) is 66.3 Å². The minimum absolute atomic E-state index is 0.0156. The Hall–Kier alpha value is -2.75. The molecule has 1 fully saturated rings. The molecule has 1 saturated heterocycles. The van der Waals surface area contributed by atoms with Crippen LogP contribution in [0.3, 0.4) is 0 Å². The second-order valence-corrected chi connectivity index (χ2v) is 9.17. The molecule has 1 aliphatic heterocycles. The normalized spacial score (nSPS) is 14.9. The van der Waals surface area contributed by atoms with Crippen molar-refractivity contribution in [3.05, 3.63) is 75.4 Å². The van der Waals surface area contributed by atoms with E-state index in [9.17, 15) is 4.79 Å². The summed E-state index contributed by atoms with van der Waals surface area (Å²) < 4.78 is 4.59. The van der Waals surface area contributed by atoms with Crippen LogP contribution in [0.1, 0.15) is 21.9 Å². The van der Waals surface area contributed by atoms with Crippen molar-refractivity contribution < 1.29 is 4.79 Å². The summed E-state index contributed by atoms with van der Waals surface area (Å²) in [4.78, 5) is 21.9. The Labute approximate surface area is 198 Å². The Kier molecular flexibility index (Phi) is 5.71. The molecular weight excluding hydrogens is 494 g/mol.